The van der Waals surface area contributed by atoms with E-state index in [0.717, 1.165) is 6.42 Å². The van der Waals surface area contributed by atoms with E-state index in [2.05, 4.69) is 4.98 Å². The summed E-state index contributed by atoms with van der Waals surface area (Å²) < 4.78 is 5.25. The zero-order valence-electron chi connectivity index (χ0n) is 9.32. The number of carbonyl (C=O) groups is 1. The number of likely N-dealkylation sites (N-methyl/N-ethyl adjacent to an activating group) is 1. The molecule has 0 saturated carbocycles. The van der Waals surface area contributed by atoms with Crippen molar-refractivity contribution in [1.29, 1.82) is 0 Å². The third-order valence-electron chi connectivity index (χ3n) is 2.78. The monoisotopic (exact) mass is 274 g/mol. The Morgan fingerprint density at radius 3 is 2.65 bits per heavy atom. The Labute approximate surface area is 109 Å². The summed E-state index contributed by atoms with van der Waals surface area (Å²) in [4.78, 5) is 17.6. The van der Waals surface area contributed by atoms with Gasteiger partial charge in [-0.2, -0.15) is 0 Å². The van der Waals surface area contributed by atoms with Crippen molar-refractivity contribution in [3.05, 3.63) is 28.0 Å². The van der Waals surface area contributed by atoms with Gasteiger partial charge in [0.1, 0.15) is 10.3 Å². The molecule has 1 aromatic heterocycles. The Bertz CT molecular complexity index is 413. The minimum atomic E-state index is -0.119. The predicted octanol–water partition coefficient (Wildman–Crippen LogP) is 2.25. The molecule has 0 aliphatic carbocycles. The van der Waals surface area contributed by atoms with Gasteiger partial charge in [0, 0.05) is 19.2 Å². The van der Waals surface area contributed by atoms with Crippen LogP contribution < -0.4 is 0 Å². The number of carbonyl (C=O) groups excluding carboxylic acids is 1. The van der Waals surface area contributed by atoms with E-state index in [4.69, 9.17) is 27.9 Å². The van der Waals surface area contributed by atoms with Gasteiger partial charge in [0.2, 0.25) is 0 Å². The number of amides is 1. The normalized spacial score (nSPS) is 19.4. The Kier molecular flexibility index (Phi) is 3.86. The molecule has 1 aliphatic heterocycles. The second-order valence-corrected chi connectivity index (χ2v) is 4.71. The van der Waals surface area contributed by atoms with Crippen molar-refractivity contribution in [2.24, 2.45) is 0 Å². The van der Waals surface area contributed by atoms with E-state index < -0.39 is 0 Å². The first kappa shape index (κ1) is 12.6. The van der Waals surface area contributed by atoms with Gasteiger partial charge in [0.15, 0.2) is 0 Å². The molecule has 92 valence electrons. The van der Waals surface area contributed by atoms with Gasteiger partial charge in [-0.15, -0.1) is 0 Å². The summed E-state index contributed by atoms with van der Waals surface area (Å²) in [6, 6.07) is 3.15. The van der Waals surface area contributed by atoms with Crippen LogP contribution in [0, 0.1) is 0 Å². The van der Waals surface area contributed by atoms with Gasteiger partial charge in [-0.05, 0) is 18.6 Å². The smallest absolute Gasteiger partial charge is 0.254 e. The van der Waals surface area contributed by atoms with Crippen LogP contribution in [-0.2, 0) is 4.74 Å². The highest BCUT2D eigenvalue weighted by Gasteiger charge is 2.25. The van der Waals surface area contributed by atoms with Crippen LogP contribution in [0.1, 0.15) is 16.8 Å². The van der Waals surface area contributed by atoms with Crippen LogP contribution in [0.25, 0.3) is 0 Å². The number of aromatic nitrogens is 1. The molecule has 1 amide bonds. The van der Waals surface area contributed by atoms with Gasteiger partial charge >= 0.3 is 0 Å². The molecule has 0 spiro atoms. The molecule has 0 radical (unpaired) electrons. The lowest BCUT2D eigenvalue weighted by molar-refractivity contribution is 0.0711. The average Bonchev–Trinajstić information content (AvgIpc) is 2.79. The highest BCUT2D eigenvalue weighted by Crippen LogP contribution is 2.18. The minimum absolute atomic E-state index is 0.119. The molecule has 2 rings (SSSR count). The molecule has 1 unspecified atom stereocenters. The molecule has 0 N–H and O–H groups in total. The highest BCUT2D eigenvalue weighted by atomic mass is 35.5. The van der Waals surface area contributed by atoms with Crippen molar-refractivity contribution >= 4 is 29.1 Å². The van der Waals surface area contributed by atoms with Crippen molar-refractivity contribution in [3.8, 4) is 0 Å². The number of pyridine rings is 1. The second-order valence-electron chi connectivity index (χ2n) is 3.93. The van der Waals surface area contributed by atoms with Crippen molar-refractivity contribution in [3.63, 3.8) is 0 Å². The van der Waals surface area contributed by atoms with Crippen LogP contribution in [0.15, 0.2) is 12.1 Å². The van der Waals surface area contributed by atoms with Crippen molar-refractivity contribution < 1.29 is 9.53 Å². The van der Waals surface area contributed by atoms with Crippen LogP contribution in [0.2, 0.25) is 10.3 Å². The Morgan fingerprint density at radius 1 is 1.47 bits per heavy atom. The summed E-state index contributed by atoms with van der Waals surface area (Å²) in [6.07, 6.45) is 0.856. The van der Waals surface area contributed by atoms with Crippen LogP contribution >= 0.6 is 23.2 Å². The van der Waals surface area contributed by atoms with E-state index in [1.807, 2.05) is 0 Å². The number of nitrogens with zero attached hydrogens (tertiary/aromatic N) is 2. The Balaban J connectivity index is 2.17. The van der Waals surface area contributed by atoms with Crippen LogP contribution in [0.5, 0.6) is 0 Å². The van der Waals surface area contributed by atoms with Crippen molar-refractivity contribution in [2.45, 2.75) is 12.5 Å². The maximum atomic E-state index is 12.2. The molecular formula is C11H12Cl2N2O2. The maximum Gasteiger partial charge on any atom is 0.254 e. The van der Waals surface area contributed by atoms with Crippen LogP contribution in [0.4, 0.5) is 0 Å². The fourth-order valence-electron chi connectivity index (χ4n) is 1.79. The molecule has 1 aliphatic rings. The van der Waals surface area contributed by atoms with E-state index in [9.17, 15) is 4.79 Å². The molecule has 6 heteroatoms. The SMILES string of the molecule is CN(C(=O)c1cc(Cl)nc(Cl)c1)C1CCOC1. The first-order valence-corrected chi connectivity index (χ1v) is 6.01. The average molecular weight is 275 g/mol. The van der Waals surface area contributed by atoms with Gasteiger partial charge in [0.25, 0.3) is 5.91 Å². The lowest BCUT2D eigenvalue weighted by Crippen LogP contribution is -2.37. The topological polar surface area (TPSA) is 42.4 Å². The third kappa shape index (κ3) is 2.89. The predicted molar refractivity (Wildman–Crippen MR) is 65.6 cm³/mol. The molecule has 17 heavy (non-hydrogen) atoms. The maximum absolute atomic E-state index is 12.2. The first-order valence-electron chi connectivity index (χ1n) is 5.26. The summed E-state index contributed by atoms with van der Waals surface area (Å²) in [5, 5.41) is 0.439. The third-order valence-corrected chi connectivity index (χ3v) is 3.17. The molecule has 1 aromatic rings. The molecule has 1 atom stereocenters. The van der Waals surface area contributed by atoms with Crippen molar-refractivity contribution in [1.82, 2.24) is 9.88 Å². The minimum Gasteiger partial charge on any atom is -0.379 e. The number of hydrogen-bond donors (Lipinski definition) is 0. The molecule has 1 fully saturated rings. The van der Waals surface area contributed by atoms with E-state index in [0.29, 0.717) is 18.8 Å². The largest absolute Gasteiger partial charge is 0.379 e. The fraction of sp³-hybridized carbons (Fsp3) is 0.455. The van der Waals surface area contributed by atoms with Gasteiger partial charge in [-0.25, -0.2) is 4.98 Å². The van der Waals surface area contributed by atoms with Gasteiger partial charge in [0.05, 0.1) is 12.6 Å². The molecule has 4 nitrogen and oxygen atoms in total. The zero-order valence-corrected chi connectivity index (χ0v) is 10.8. The summed E-state index contributed by atoms with van der Waals surface area (Å²) in [5.41, 5.74) is 0.449. The fourth-order valence-corrected chi connectivity index (χ4v) is 2.25. The van der Waals surface area contributed by atoms with Gasteiger partial charge in [-0.3, -0.25) is 4.79 Å². The highest BCUT2D eigenvalue weighted by molar-refractivity contribution is 6.33. The van der Waals surface area contributed by atoms with Gasteiger partial charge < -0.3 is 9.64 Å². The quantitative estimate of drug-likeness (QED) is 0.777. The summed E-state index contributed by atoms with van der Waals surface area (Å²) in [7, 11) is 1.75. The molecule has 0 aromatic carbocycles. The zero-order chi connectivity index (χ0) is 12.4. The van der Waals surface area contributed by atoms with Crippen LogP contribution in [-0.4, -0.2) is 42.1 Å². The van der Waals surface area contributed by atoms with Crippen LogP contribution in [0.3, 0.4) is 0 Å². The number of rotatable bonds is 2. The first-order chi connectivity index (χ1) is 8.08. The van der Waals surface area contributed by atoms with E-state index in [1.54, 1.807) is 11.9 Å². The number of hydrogen-bond acceptors (Lipinski definition) is 3. The van der Waals surface area contributed by atoms with Gasteiger partial charge in [-0.1, -0.05) is 23.2 Å². The lowest BCUT2D eigenvalue weighted by atomic mass is 10.2. The summed E-state index contributed by atoms with van der Waals surface area (Å²) in [5.74, 6) is -0.119. The van der Waals surface area contributed by atoms with Crippen molar-refractivity contribution in [2.75, 3.05) is 20.3 Å². The standard InChI is InChI=1S/C11H12Cl2N2O2/c1-15(8-2-3-17-6-8)11(16)7-4-9(12)14-10(13)5-7/h4-5,8H,2-3,6H2,1H3. The number of halogens is 2. The van der Waals surface area contributed by atoms with E-state index >= 15 is 0 Å². The molecule has 1 saturated heterocycles. The van der Waals surface area contributed by atoms with E-state index in [1.165, 1.54) is 12.1 Å². The summed E-state index contributed by atoms with van der Waals surface area (Å²) >= 11 is 11.5. The Morgan fingerprint density at radius 2 is 2.12 bits per heavy atom. The molecular weight excluding hydrogens is 263 g/mol. The molecule has 0 bridgehead atoms. The van der Waals surface area contributed by atoms with E-state index in [-0.39, 0.29) is 22.3 Å². The summed E-state index contributed by atoms with van der Waals surface area (Å²) in [6.45, 7) is 1.27. The molecule has 2 heterocycles. The number of ether oxygens (including phenoxy) is 1. The second kappa shape index (κ2) is 5.21. The Hall–Kier alpha value is -0.840. The lowest BCUT2D eigenvalue weighted by Gasteiger charge is -2.23.